The molecule has 0 unspecified atom stereocenters. The summed E-state index contributed by atoms with van der Waals surface area (Å²) in [6.07, 6.45) is 4.78. The summed E-state index contributed by atoms with van der Waals surface area (Å²) in [5.74, 6) is -5.02. The summed E-state index contributed by atoms with van der Waals surface area (Å²) in [4.78, 5) is 41.1. The van der Waals surface area contributed by atoms with Gasteiger partial charge in [-0.2, -0.15) is 0 Å². The summed E-state index contributed by atoms with van der Waals surface area (Å²) in [5.41, 5.74) is 2.27. The molecule has 40 heavy (non-hydrogen) atoms. The van der Waals surface area contributed by atoms with E-state index in [0.717, 1.165) is 44.4 Å². The molecule has 214 valence electrons. The molecule has 11 heteroatoms. The van der Waals surface area contributed by atoms with Crippen LogP contribution in [0.25, 0.3) is 11.0 Å². The topological polar surface area (TPSA) is 173 Å². The van der Waals surface area contributed by atoms with Gasteiger partial charge < -0.3 is 30.1 Å². The van der Waals surface area contributed by atoms with Gasteiger partial charge in [0.25, 0.3) is 0 Å². The Hall–Kier alpha value is -3.80. The van der Waals surface area contributed by atoms with Gasteiger partial charge in [-0.25, -0.2) is 9.78 Å². The lowest BCUT2D eigenvalue weighted by atomic mass is 9.68. The number of aromatic nitrogens is 2. The van der Waals surface area contributed by atoms with Gasteiger partial charge >= 0.3 is 17.9 Å². The van der Waals surface area contributed by atoms with Crippen molar-refractivity contribution in [3.05, 3.63) is 65.5 Å². The maximum Gasteiger partial charge on any atom is 0.336 e. The van der Waals surface area contributed by atoms with Crippen molar-refractivity contribution in [2.45, 2.75) is 61.7 Å². The number of rotatable bonds is 7. The van der Waals surface area contributed by atoms with Crippen LogP contribution in [0.15, 0.2) is 48.7 Å². The molecular weight excluding hydrogens is 518 g/mol. The number of carbonyl (C=O) groups is 3. The number of H-pyrrole nitrogens is 1. The summed E-state index contributed by atoms with van der Waals surface area (Å²) >= 11 is 0. The number of aromatic amines is 1. The molecule has 3 aromatic rings. The highest BCUT2D eigenvalue weighted by atomic mass is 16.5. The monoisotopic (exact) mass is 553 g/mol. The normalized spacial score (nSPS) is 22.4. The second kappa shape index (κ2) is 11.4. The number of aliphatic hydroxyl groups is 1. The van der Waals surface area contributed by atoms with Gasteiger partial charge in [0, 0.05) is 17.1 Å². The van der Waals surface area contributed by atoms with Crippen LogP contribution >= 0.6 is 0 Å². The first-order valence-corrected chi connectivity index (χ1v) is 13.1. The van der Waals surface area contributed by atoms with Crippen molar-refractivity contribution in [3.8, 4) is 0 Å². The van der Waals surface area contributed by atoms with Crippen LogP contribution in [0.2, 0.25) is 0 Å². The predicted octanol–water partition coefficient (Wildman–Crippen LogP) is 3.11. The van der Waals surface area contributed by atoms with Crippen LogP contribution in [0.5, 0.6) is 0 Å². The smallest absolute Gasteiger partial charge is 0.336 e. The van der Waals surface area contributed by atoms with Gasteiger partial charge in [-0.15, -0.1) is 0 Å². The van der Waals surface area contributed by atoms with Crippen molar-refractivity contribution < 1.29 is 39.5 Å². The maximum absolute atomic E-state index is 10.3. The van der Waals surface area contributed by atoms with Crippen LogP contribution in [0, 0.1) is 0 Å². The third kappa shape index (κ3) is 5.58. The maximum atomic E-state index is 10.3. The number of benzene rings is 1. The van der Waals surface area contributed by atoms with E-state index < -0.39 is 36.4 Å². The number of nitrogens with one attached hydrogen (secondary N) is 1. The summed E-state index contributed by atoms with van der Waals surface area (Å²) < 4.78 is 6.49. The first-order valence-electron chi connectivity index (χ1n) is 13.1. The first-order chi connectivity index (χ1) is 18.9. The number of hydrogen-bond donors (Lipinski definition) is 5. The Bertz CT molecular complexity index is 1360. The fourth-order valence-electron chi connectivity index (χ4n) is 6.06. The Labute approximate surface area is 231 Å². The molecule has 1 aromatic carbocycles. The largest absolute Gasteiger partial charge is 0.481 e. The van der Waals surface area contributed by atoms with Gasteiger partial charge in [0.1, 0.15) is 11.2 Å². The minimum Gasteiger partial charge on any atom is -0.481 e. The predicted molar refractivity (Wildman–Crippen MR) is 145 cm³/mol. The summed E-state index contributed by atoms with van der Waals surface area (Å²) in [5, 5.41) is 35.1. The number of fused-ring (bicyclic) bond motifs is 4. The fraction of sp³-hybridized carbons (Fsp3) is 0.448. The highest BCUT2D eigenvalue weighted by molar-refractivity contribution is 5.88. The first kappa shape index (κ1) is 29.2. The minimum absolute atomic E-state index is 0.0811. The number of nitrogens with zero attached hydrogens (tertiary/aromatic N) is 2. The minimum atomic E-state index is -2.74. The average Bonchev–Trinajstić information content (AvgIpc) is 3.29. The van der Waals surface area contributed by atoms with Gasteiger partial charge in [0.2, 0.25) is 0 Å². The molecular formula is C29H35N3O8. The van der Waals surface area contributed by atoms with Crippen molar-refractivity contribution in [1.82, 2.24) is 14.9 Å². The molecule has 1 saturated carbocycles. The number of ether oxygens (including phenoxy) is 1. The van der Waals surface area contributed by atoms with Crippen molar-refractivity contribution in [3.63, 3.8) is 0 Å². The Morgan fingerprint density at radius 1 is 0.975 bits per heavy atom. The second-order valence-corrected chi connectivity index (χ2v) is 10.7. The molecule has 2 aliphatic rings. The number of carboxylic acid groups (broad SMARTS) is 3. The summed E-state index contributed by atoms with van der Waals surface area (Å²) in [6.45, 7) is 0.801. The average molecular weight is 554 g/mol. The molecule has 0 radical (unpaired) electrons. The van der Waals surface area contributed by atoms with Gasteiger partial charge in [0.05, 0.1) is 25.1 Å². The Morgan fingerprint density at radius 3 is 2.15 bits per heavy atom. The third-order valence-corrected chi connectivity index (χ3v) is 8.20. The van der Waals surface area contributed by atoms with Crippen molar-refractivity contribution in [2.75, 3.05) is 20.7 Å². The second-order valence-electron chi connectivity index (χ2n) is 10.7. The molecule has 5 rings (SSSR count). The Balaban J connectivity index is 0.000000243. The van der Waals surface area contributed by atoms with Crippen LogP contribution in [0.1, 0.15) is 55.3 Å². The number of hydrogen-bond acceptors (Lipinski definition) is 7. The van der Waals surface area contributed by atoms with E-state index in [2.05, 4.69) is 65.4 Å². The fourth-order valence-corrected chi connectivity index (χ4v) is 6.06. The lowest BCUT2D eigenvalue weighted by Crippen LogP contribution is -2.50. The molecule has 0 amide bonds. The molecule has 3 heterocycles. The van der Waals surface area contributed by atoms with Crippen molar-refractivity contribution >= 4 is 28.9 Å². The number of aliphatic carboxylic acids is 3. The Kier molecular flexibility index (Phi) is 8.29. The highest BCUT2D eigenvalue weighted by Gasteiger charge is 2.49. The van der Waals surface area contributed by atoms with E-state index in [1.165, 1.54) is 22.2 Å². The van der Waals surface area contributed by atoms with Gasteiger partial charge in [0.15, 0.2) is 5.60 Å². The summed E-state index contributed by atoms with van der Waals surface area (Å²) in [6, 6.07) is 15.2. The zero-order chi connectivity index (χ0) is 29.1. The van der Waals surface area contributed by atoms with Crippen LogP contribution < -0.4 is 0 Å². The molecule has 2 aromatic heterocycles. The van der Waals surface area contributed by atoms with Gasteiger partial charge in [-0.3, -0.25) is 14.5 Å². The van der Waals surface area contributed by atoms with Gasteiger partial charge in [-0.1, -0.05) is 30.3 Å². The third-order valence-electron chi connectivity index (χ3n) is 8.20. The lowest BCUT2D eigenvalue weighted by molar-refractivity contribution is -0.170. The summed E-state index contributed by atoms with van der Waals surface area (Å²) in [7, 11) is 4.43. The molecule has 1 spiro atoms. The van der Waals surface area contributed by atoms with Gasteiger partial charge in [-0.05, 0) is 69.5 Å². The van der Waals surface area contributed by atoms with Crippen molar-refractivity contribution in [1.29, 1.82) is 0 Å². The van der Waals surface area contributed by atoms with Crippen LogP contribution in [-0.2, 0) is 36.7 Å². The van der Waals surface area contributed by atoms with E-state index >= 15 is 0 Å². The van der Waals surface area contributed by atoms with E-state index in [1.807, 2.05) is 12.3 Å². The van der Waals surface area contributed by atoms with Crippen LogP contribution in [-0.4, -0.2) is 79.5 Å². The van der Waals surface area contributed by atoms with E-state index in [-0.39, 0.29) is 11.1 Å². The molecule has 1 aliphatic heterocycles. The van der Waals surface area contributed by atoms with Crippen LogP contribution in [0.3, 0.4) is 0 Å². The number of carboxylic acids is 3. The molecule has 11 nitrogen and oxygen atoms in total. The number of pyridine rings is 1. The standard InChI is InChI=1S/C23H27N3O.C6H8O7/c1-26(2)22(17-7-4-3-5-8-17)11-13-23(14-12-22)20-18(10-16-27-23)19-9-6-15-24-21(19)25-20;7-3(8)1-6(13,5(11)12)2-4(9)10/h3-9,15H,10-14,16H2,1-2H3,(H,24,25);13H,1-2H2,(H,7,8)(H,9,10)(H,11,12). The van der Waals surface area contributed by atoms with E-state index in [4.69, 9.17) is 25.2 Å². The molecule has 5 N–H and O–H groups in total. The molecule has 1 fully saturated rings. The molecule has 0 bridgehead atoms. The zero-order valence-electron chi connectivity index (χ0n) is 22.6. The van der Waals surface area contributed by atoms with Crippen LogP contribution in [0.4, 0.5) is 0 Å². The quantitative estimate of drug-likeness (QED) is 0.292. The molecule has 0 atom stereocenters. The molecule has 0 saturated heterocycles. The lowest BCUT2D eigenvalue weighted by Gasteiger charge is -2.50. The van der Waals surface area contributed by atoms with Crippen molar-refractivity contribution in [2.24, 2.45) is 0 Å². The van der Waals surface area contributed by atoms with E-state index in [1.54, 1.807) is 0 Å². The molecule has 1 aliphatic carbocycles. The zero-order valence-corrected chi connectivity index (χ0v) is 22.6. The Morgan fingerprint density at radius 2 is 1.60 bits per heavy atom. The highest BCUT2D eigenvalue weighted by Crippen LogP contribution is 2.52. The SMILES string of the molecule is CN(C)C1(c2ccccc2)CCC2(CC1)OCCc1c2[nH]c2ncccc12.O=C(O)CC(O)(CC(=O)O)C(=O)O. The van der Waals surface area contributed by atoms with E-state index in [0.29, 0.717) is 0 Å². The van der Waals surface area contributed by atoms with E-state index in [9.17, 15) is 14.4 Å².